The van der Waals surface area contributed by atoms with Crippen molar-refractivity contribution in [1.29, 1.82) is 0 Å². The van der Waals surface area contributed by atoms with E-state index in [1.807, 2.05) is 6.07 Å². The van der Waals surface area contributed by atoms with Crippen LogP contribution in [0.5, 0.6) is 0 Å². The van der Waals surface area contributed by atoms with Crippen LogP contribution in [-0.2, 0) is 17.8 Å². The maximum atomic E-state index is 5.43. The first kappa shape index (κ1) is 16.2. The summed E-state index contributed by atoms with van der Waals surface area (Å²) in [6.07, 6.45) is 3.33. The van der Waals surface area contributed by atoms with Crippen molar-refractivity contribution >= 4 is 0 Å². The zero-order valence-corrected chi connectivity index (χ0v) is 13.6. The third kappa shape index (κ3) is 5.61. The molecule has 0 radical (unpaired) electrons. The molecule has 0 unspecified atom stereocenters. The van der Waals surface area contributed by atoms with Gasteiger partial charge >= 0.3 is 0 Å². The van der Waals surface area contributed by atoms with Gasteiger partial charge in [0, 0.05) is 38.3 Å². The minimum Gasteiger partial charge on any atom is -0.380 e. The van der Waals surface area contributed by atoms with Gasteiger partial charge < -0.3 is 14.6 Å². The van der Waals surface area contributed by atoms with Gasteiger partial charge in [-0.05, 0) is 32.8 Å². The second-order valence-electron chi connectivity index (χ2n) is 6.67. The maximum Gasteiger partial charge on any atom is 0.151 e. The summed E-state index contributed by atoms with van der Waals surface area (Å²) < 4.78 is 10.6. The molecule has 0 amide bonds. The minimum absolute atomic E-state index is 0.0918. The molecule has 0 saturated heterocycles. The largest absolute Gasteiger partial charge is 0.380 e. The Labute approximate surface area is 127 Å². The first-order chi connectivity index (χ1) is 9.96. The highest BCUT2D eigenvalue weighted by Gasteiger charge is 2.15. The van der Waals surface area contributed by atoms with Crippen molar-refractivity contribution in [2.75, 3.05) is 26.8 Å². The summed E-state index contributed by atoms with van der Waals surface area (Å²) in [7, 11) is 1.74. The lowest BCUT2D eigenvalue weighted by Crippen LogP contribution is -2.35. The van der Waals surface area contributed by atoms with Crippen LogP contribution >= 0.6 is 0 Å². The van der Waals surface area contributed by atoms with Gasteiger partial charge in [0.05, 0.1) is 18.8 Å². The lowest BCUT2D eigenvalue weighted by atomic mass is 10.1. The molecule has 0 bridgehead atoms. The maximum absolute atomic E-state index is 5.43. The number of methoxy groups -OCH3 is 1. The number of aromatic nitrogens is 1. The lowest BCUT2D eigenvalue weighted by Gasteiger charge is -2.24. The quantitative estimate of drug-likeness (QED) is 0.816. The smallest absolute Gasteiger partial charge is 0.151 e. The Morgan fingerprint density at radius 1 is 1.43 bits per heavy atom. The van der Waals surface area contributed by atoms with Crippen molar-refractivity contribution in [3.05, 3.63) is 29.2 Å². The van der Waals surface area contributed by atoms with E-state index in [1.165, 1.54) is 5.57 Å². The second kappa shape index (κ2) is 7.20. The van der Waals surface area contributed by atoms with E-state index in [4.69, 9.17) is 9.26 Å². The molecule has 5 nitrogen and oxygen atoms in total. The van der Waals surface area contributed by atoms with Crippen LogP contribution in [0.4, 0.5) is 0 Å². The number of ether oxygens (including phenoxy) is 1. The Kier molecular flexibility index (Phi) is 5.56. The molecule has 2 heterocycles. The van der Waals surface area contributed by atoms with E-state index in [0.717, 1.165) is 50.7 Å². The molecule has 1 N–H and O–H groups in total. The molecule has 0 fully saturated rings. The predicted octanol–water partition coefficient (Wildman–Crippen LogP) is 2.34. The highest BCUT2D eigenvalue weighted by molar-refractivity contribution is 5.10. The molecule has 1 aliphatic heterocycles. The van der Waals surface area contributed by atoms with Gasteiger partial charge in [-0.1, -0.05) is 11.2 Å². The molecular weight excluding hydrogens is 266 g/mol. The average molecular weight is 293 g/mol. The van der Waals surface area contributed by atoms with Gasteiger partial charge in [-0.3, -0.25) is 4.90 Å². The fourth-order valence-corrected chi connectivity index (χ4v) is 2.30. The van der Waals surface area contributed by atoms with Crippen LogP contribution in [0, 0.1) is 0 Å². The van der Waals surface area contributed by atoms with Crippen molar-refractivity contribution < 1.29 is 9.26 Å². The zero-order valence-electron chi connectivity index (χ0n) is 13.6. The topological polar surface area (TPSA) is 50.5 Å². The van der Waals surface area contributed by atoms with Crippen LogP contribution in [0.15, 0.2) is 22.2 Å². The molecular formula is C16H27N3O2. The van der Waals surface area contributed by atoms with Crippen molar-refractivity contribution in [1.82, 2.24) is 15.4 Å². The van der Waals surface area contributed by atoms with Crippen LogP contribution in [0.25, 0.3) is 0 Å². The summed E-state index contributed by atoms with van der Waals surface area (Å²) in [5.74, 6) is 0.935. The fraction of sp³-hybridized carbons (Fsp3) is 0.688. The molecule has 0 atom stereocenters. The first-order valence-corrected chi connectivity index (χ1v) is 7.55. The van der Waals surface area contributed by atoms with Crippen molar-refractivity contribution in [2.24, 2.45) is 0 Å². The van der Waals surface area contributed by atoms with E-state index < -0.39 is 0 Å². The molecule has 0 spiro atoms. The summed E-state index contributed by atoms with van der Waals surface area (Å²) in [6, 6.07) is 2.05. The highest BCUT2D eigenvalue weighted by atomic mass is 16.5. The molecule has 0 aliphatic carbocycles. The van der Waals surface area contributed by atoms with E-state index in [2.05, 4.69) is 42.2 Å². The number of rotatable bonds is 6. The standard InChI is InChI=1S/C16H27N3O2/c1-16(2,3)17-10-14-9-15(21-18-14)11-19-7-5-13(6-8-19)12-20-4/h5,9,17H,6-8,10-12H2,1-4H3. The third-order valence-corrected chi connectivity index (χ3v) is 3.50. The molecule has 5 heteroatoms. The van der Waals surface area contributed by atoms with E-state index in [0.29, 0.717) is 0 Å². The molecule has 2 rings (SSSR count). The van der Waals surface area contributed by atoms with Crippen molar-refractivity contribution in [3.63, 3.8) is 0 Å². The third-order valence-electron chi connectivity index (χ3n) is 3.50. The Bertz CT molecular complexity index is 474. The average Bonchev–Trinajstić information content (AvgIpc) is 2.86. The molecule has 1 aromatic heterocycles. The first-order valence-electron chi connectivity index (χ1n) is 7.55. The Hall–Kier alpha value is -1.17. The zero-order chi connectivity index (χ0) is 15.3. The van der Waals surface area contributed by atoms with Gasteiger partial charge in [-0.15, -0.1) is 0 Å². The predicted molar refractivity (Wildman–Crippen MR) is 82.9 cm³/mol. The van der Waals surface area contributed by atoms with Crippen LogP contribution in [0.2, 0.25) is 0 Å². The van der Waals surface area contributed by atoms with Crippen LogP contribution in [0.1, 0.15) is 38.6 Å². The summed E-state index contributed by atoms with van der Waals surface area (Å²) in [5.41, 5.74) is 2.45. The molecule has 118 valence electrons. The molecule has 1 aromatic rings. The van der Waals surface area contributed by atoms with Gasteiger partial charge in [0.15, 0.2) is 5.76 Å². The van der Waals surface area contributed by atoms with Crippen molar-refractivity contribution in [3.8, 4) is 0 Å². The summed E-state index contributed by atoms with van der Waals surface area (Å²) in [5, 5.41) is 7.55. The molecule has 21 heavy (non-hydrogen) atoms. The van der Waals surface area contributed by atoms with Crippen LogP contribution in [0.3, 0.4) is 0 Å². The number of nitrogens with zero attached hydrogens (tertiary/aromatic N) is 2. The molecule has 1 aliphatic rings. The van der Waals surface area contributed by atoms with Gasteiger partial charge in [0.25, 0.3) is 0 Å². The number of nitrogens with one attached hydrogen (secondary N) is 1. The lowest BCUT2D eigenvalue weighted by molar-refractivity contribution is 0.204. The normalized spacial score (nSPS) is 17.0. The number of hydrogen-bond donors (Lipinski definition) is 1. The van der Waals surface area contributed by atoms with E-state index >= 15 is 0 Å². The summed E-state index contributed by atoms with van der Waals surface area (Å²) >= 11 is 0. The van der Waals surface area contributed by atoms with Gasteiger partial charge in [-0.25, -0.2) is 0 Å². The summed E-state index contributed by atoms with van der Waals surface area (Å²) in [4.78, 5) is 2.36. The molecule has 0 aromatic carbocycles. The van der Waals surface area contributed by atoms with Gasteiger partial charge in [-0.2, -0.15) is 0 Å². The number of hydrogen-bond acceptors (Lipinski definition) is 5. The fourth-order valence-electron chi connectivity index (χ4n) is 2.30. The Balaban J connectivity index is 1.81. The Morgan fingerprint density at radius 2 is 2.24 bits per heavy atom. The minimum atomic E-state index is 0.0918. The van der Waals surface area contributed by atoms with Crippen molar-refractivity contribution in [2.45, 2.75) is 45.8 Å². The Morgan fingerprint density at radius 3 is 2.86 bits per heavy atom. The van der Waals surface area contributed by atoms with E-state index in [-0.39, 0.29) is 5.54 Å². The summed E-state index contributed by atoms with van der Waals surface area (Å²) in [6.45, 7) is 10.7. The van der Waals surface area contributed by atoms with Crippen LogP contribution < -0.4 is 5.32 Å². The van der Waals surface area contributed by atoms with Gasteiger partial charge in [0.1, 0.15) is 0 Å². The van der Waals surface area contributed by atoms with Gasteiger partial charge in [0.2, 0.25) is 0 Å². The SMILES string of the molecule is COCC1=CCN(Cc2cc(CNC(C)(C)C)no2)CC1. The monoisotopic (exact) mass is 293 g/mol. The van der Waals surface area contributed by atoms with E-state index in [1.54, 1.807) is 7.11 Å². The van der Waals surface area contributed by atoms with E-state index in [9.17, 15) is 0 Å². The highest BCUT2D eigenvalue weighted by Crippen LogP contribution is 2.15. The van der Waals surface area contributed by atoms with Crippen LogP contribution in [-0.4, -0.2) is 42.4 Å². The second-order valence-corrected chi connectivity index (χ2v) is 6.67. The molecule has 0 saturated carbocycles.